The molecule has 12 aromatic rings. The van der Waals surface area contributed by atoms with Gasteiger partial charge in [0.2, 0.25) is 0 Å². The number of aromatic nitrogens is 3. The van der Waals surface area contributed by atoms with Crippen molar-refractivity contribution >= 4 is 54.1 Å². The quantitative estimate of drug-likeness (QED) is 0.158. The van der Waals surface area contributed by atoms with Gasteiger partial charge in [0.25, 0.3) is 0 Å². The second-order valence-corrected chi connectivity index (χ2v) is 15.7. The number of benzene rings is 10. The maximum atomic E-state index is 5.28. The Morgan fingerprint density at radius 3 is 1.52 bits per heavy atom. The summed E-state index contributed by atoms with van der Waals surface area (Å²) in [5, 5.41) is 9.75. The molecule has 0 atom stereocenters. The lowest BCUT2D eigenvalue weighted by molar-refractivity contribution is 1.18. The van der Waals surface area contributed by atoms with E-state index >= 15 is 0 Å². The van der Waals surface area contributed by atoms with Crippen molar-refractivity contribution in [2.75, 3.05) is 0 Å². The van der Waals surface area contributed by atoms with Crippen molar-refractivity contribution in [1.82, 2.24) is 14.5 Å². The van der Waals surface area contributed by atoms with Crippen molar-refractivity contribution in [3.63, 3.8) is 0 Å². The predicted molar refractivity (Wildman–Crippen MR) is 256 cm³/mol. The summed E-state index contributed by atoms with van der Waals surface area (Å²) in [5.74, 6) is 0.710. The molecule has 0 aliphatic rings. The Kier molecular flexibility index (Phi) is 8.17. The van der Waals surface area contributed by atoms with Gasteiger partial charge >= 0.3 is 0 Å². The van der Waals surface area contributed by atoms with Crippen LogP contribution in [-0.2, 0) is 0 Å². The SMILES string of the molecule is c1ccc(-c2ccc(-n3c4ccccc4c4cc(-c5ccc6c(c5)c5ccccc5c5cccc(-c7cc(-c8ccccc8)nc(-c8ccccc8)n7)c56)ccc43)cc2)cc1. The standard InChI is InChI=1S/C58H37N3/c1-4-15-38(16-5-1)39-27-31-44(32-28-39)61-55-26-13-12-23-47(55)52-36-43(30-34-56(52)61)42-29-33-49-51(35-42)46-22-11-10-21-45(46)48-24-14-25-50(57(48)49)54-37-53(40-17-6-2-7-18-40)59-58(60-54)41-19-8-3-9-20-41/h1-37H. The third-order valence-electron chi connectivity index (χ3n) is 12.2. The van der Waals surface area contributed by atoms with Crippen LogP contribution in [0, 0.1) is 0 Å². The Bertz CT molecular complexity index is 3550. The molecule has 0 spiro atoms. The molecular formula is C58H37N3. The molecule has 0 radical (unpaired) electrons. The third kappa shape index (κ3) is 5.90. The summed E-state index contributed by atoms with van der Waals surface area (Å²) in [4.78, 5) is 10.4. The minimum atomic E-state index is 0.710. The molecule has 2 heterocycles. The van der Waals surface area contributed by atoms with Crippen LogP contribution in [0.4, 0.5) is 0 Å². The highest BCUT2D eigenvalue weighted by atomic mass is 15.0. The van der Waals surface area contributed by atoms with Crippen LogP contribution in [0.1, 0.15) is 0 Å². The fourth-order valence-corrected chi connectivity index (χ4v) is 9.32. The van der Waals surface area contributed by atoms with E-state index in [1.807, 2.05) is 24.3 Å². The summed E-state index contributed by atoms with van der Waals surface area (Å²) in [6, 6.07) is 80.5. The van der Waals surface area contributed by atoms with Gasteiger partial charge in [-0.1, -0.05) is 182 Å². The zero-order chi connectivity index (χ0) is 40.3. The molecule has 2 aromatic heterocycles. The zero-order valence-electron chi connectivity index (χ0n) is 33.2. The van der Waals surface area contributed by atoms with Crippen molar-refractivity contribution < 1.29 is 0 Å². The van der Waals surface area contributed by atoms with E-state index in [2.05, 4.69) is 205 Å². The highest BCUT2D eigenvalue weighted by Crippen LogP contribution is 2.43. The van der Waals surface area contributed by atoms with Crippen molar-refractivity contribution in [1.29, 1.82) is 0 Å². The van der Waals surface area contributed by atoms with Crippen LogP contribution < -0.4 is 0 Å². The van der Waals surface area contributed by atoms with Crippen LogP contribution in [-0.4, -0.2) is 14.5 Å². The van der Waals surface area contributed by atoms with Gasteiger partial charge in [0.1, 0.15) is 0 Å². The first kappa shape index (κ1) is 34.9. The van der Waals surface area contributed by atoms with E-state index in [-0.39, 0.29) is 0 Å². The molecule has 0 amide bonds. The molecule has 61 heavy (non-hydrogen) atoms. The first-order valence-corrected chi connectivity index (χ1v) is 20.8. The van der Waals surface area contributed by atoms with Gasteiger partial charge in [0, 0.05) is 33.2 Å². The summed E-state index contributed by atoms with van der Waals surface area (Å²) in [5.41, 5.74) is 13.3. The van der Waals surface area contributed by atoms with E-state index in [0.717, 1.165) is 33.8 Å². The van der Waals surface area contributed by atoms with Gasteiger partial charge < -0.3 is 4.57 Å². The Labute approximate surface area is 353 Å². The van der Waals surface area contributed by atoms with Gasteiger partial charge in [-0.15, -0.1) is 0 Å². The number of rotatable bonds is 6. The van der Waals surface area contributed by atoms with Gasteiger partial charge in [-0.05, 0) is 97.0 Å². The van der Waals surface area contributed by atoms with Gasteiger partial charge in [0.05, 0.1) is 22.4 Å². The summed E-state index contributed by atoms with van der Waals surface area (Å²) in [7, 11) is 0. The number of para-hydroxylation sites is 1. The van der Waals surface area contributed by atoms with Gasteiger partial charge in [-0.25, -0.2) is 9.97 Å². The molecule has 0 aliphatic heterocycles. The fourth-order valence-electron chi connectivity index (χ4n) is 9.32. The smallest absolute Gasteiger partial charge is 0.160 e. The van der Waals surface area contributed by atoms with Crippen molar-refractivity contribution in [2.24, 2.45) is 0 Å². The average Bonchev–Trinajstić information content (AvgIpc) is 3.68. The summed E-state index contributed by atoms with van der Waals surface area (Å²) < 4.78 is 2.39. The Morgan fingerprint density at radius 2 is 0.787 bits per heavy atom. The molecule has 0 saturated carbocycles. The lowest BCUT2D eigenvalue weighted by Gasteiger charge is -2.16. The molecule has 0 unspecified atom stereocenters. The van der Waals surface area contributed by atoms with Crippen LogP contribution in [0.5, 0.6) is 0 Å². The Hall–Kier alpha value is -8.14. The molecular weight excluding hydrogens is 739 g/mol. The highest BCUT2D eigenvalue weighted by Gasteiger charge is 2.18. The van der Waals surface area contributed by atoms with Crippen LogP contribution in [0.2, 0.25) is 0 Å². The average molecular weight is 776 g/mol. The Balaban J connectivity index is 1.04. The van der Waals surface area contributed by atoms with Crippen molar-refractivity contribution in [2.45, 2.75) is 0 Å². The monoisotopic (exact) mass is 775 g/mol. The van der Waals surface area contributed by atoms with Gasteiger partial charge in [-0.2, -0.15) is 0 Å². The maximum Gasteiger partial charge on any atom is 0.160 e. The van der Waals surface area contributed by atoms with Crippen LogP contribution in [0.25, 0.3) is 116 Å². The van der Waals surface area contributed by atoms with E-state index in [9.17, 15) is 0 Å². The van der Waals surface area contributed by atoms with Crippen LogP contribution in [0.3, 0.4) is 0 Å². The third-order valence-corrected chi connectivity index (χ3v) is 12.2. The first-order valence-electron chi connectivity index (χ1n) is 20.8. The molecule has 3 heteroatoms. The molecule has 0 N–H and O–H groups in total. The van der Waals surface area contributed by atoms with E-state index in [1.165, 1.54) is 76.4 Å². The normalized spacial score (nSPS) is 11.6. The number of fused-ring (bicyclic) bond motifs is 9. The second kappa shape index (κ2) is 14.3. The molecule has 0 saturated heterocycles. The minimum absolute atomic E-state index is 0.710. The molecule has 3 nitrogen and oxygen atoms in total. The molecule has 10 aromatic carbocycles. The highest BCUT2D eigenvalue weighted by molar-refractivity contribution is 6.28. The second-order valence-electron chi connectivity index (χ2n) is 15.7. The van der Waals surface area contributed by atoms with Gasteiger partial charge in [0.15, 0.2) is 5.82 Å². The summed E-state index contributed by atoms with van der Waals surface area (Å²) >= 11 is 0. The predicted octanol–water partition coefficient (Wildman–Crippen LogP) is 15.4. The van der Waals surface area contributed by atoms with Crippen LogP contribution >= 0.6 is 0 Å². The number of hydrogen-bond acceptors (Lipinski definition) is 2. The number of nitrogens with zero attached hydrogens (tertiary/aromatic N) is 3. The molecule has 284 valence electrons. The van der Waals surface area contributed by atoms with Gasteiger partial charge in [-0.3, -0.25) is 0 Å². The van der Waals surface area contributed by atoms with Crippen molar-refractivity contribution in [3.05, 3.63) is 224 Å². The largest absolute Gasteiger partial charge is 0.309 e. The lowest BCUT2D eigenvalue weighted by Crippen LogP contribution is -1.97. The molecule has 0 bridgehead atoms. The topological polar surface area (TPSA) is 30.7 Å². The minimum Gasteiger partial charge on any atom is -0.309 e. The van der Waals surface area contributed by atoms with E-state index in [4.69, 9.17) is 9.97 Å². The maximum absolute atomic E-state index is 5.28. The molecule has 0 aliphatic carbocycles. The molecule has 0 fully saturated rings. The lowest BCUT2D eigenvalue weighted by atomic mass is 9.89. The van der Waals surface area contributed by atoms with E-state index in [0.29, 0.717) is 5.82 Å². The van der Waals surface area contributed by atoms with Crippen LogP contribution in [0.15, 0.2) is 224 Å². The van der Waals surface area contributed by atoms with E-state index in [1.54, 1.807) is 0 Å². The summed E-state index contributed by atoms with van der Waals surface area (Å²) in [6.45, 7) is 0. The van der Waals surface area contributed by atoms with E-state index < -0.39 is 0 Å². The fraction of sp³-hybridized carbons (Fsp3) is 0. The van der Waals surface area contributed by atoms with Crippen molar-refractivity contribution in [3.8, 4) is 61.8 Å². The summed E-state index contributed by atoms with van der Waals surface area (Å²) in [6.07, 6.45) is 0. The zero-order valence-corrected chi connectivity index (χ0v) is 33.2. The Morgan fingerprint density at radius 1 is 0.279 bits per heavy atom. The number of hydrogen-bond donors (Lipinski definition) is 0. The first-order chi connectivity index (χ1) is 30.2. The molecule has 12 rings (SSSR count).